The maximum Gasteiger partial charge on any atom is 0.276 e. The summed E-state index contributed by atoms with van der Waals surface area (Å²) in [5, 5.41) is 20.5. The molecule has 0 aliphatic carbocycles. The number of carbonyl (C=O) groups excluding carboxylic acids is 1. The van der Waals surface area contributed by atoms with E-state index >= 15 is 0 Å². The molecule has 1 amide bonds. The number of halogens is 2. The molecule has 0 spiro atoms. The number of aliphatic imine (C=N–C) groups is 1. The van der Waals surface area contributed by atoms with E-state index in [9.17, 15) is 14.4 Å². The fourth-order valence-corrected chi connectivity index (χ4v) is 2.64. The van der Waals surface area contributed by atoms with Crippen molar-refractivity contribution in [3.63, 3.8) is 0 Å². The van der Waals surface area contributed by atoms with Crippen LogP contribution < -0.4 is 10.8 Å². The number of carbonyl (C=O) groups is 1. The van der Waals surface area contributed by atoms with Crippen LogP contribution in [0.2, 0.25) is 0 Å². The van der Waals surface area contributed by atoms with Gasteiger partial charge in [-0.3, -0.25) is 15.5 Å². The SMILES string of the molecule is O=C(Nc1nonc1C(=Nc1ccc(F)c(Br)c1)NO)c1cscn1. The number of amides is 1. The van der Waals surface area contributed by atoms with E-state index < -0.39 is 11.7 Å². The lowest BCUT2D eigenvalue weighted by Crippen LogP contribution is -2.23. The van der Waals surface area contributed by atoms with Crippen LogP contribution in [0.3, 0.4) is 0 Å². The highest BCUT2D eigenvalue weighted by atomic mass is 79.9. The number of hydrogen-bond acceptors (Lipinski definition) is 8. The molecular formula is C13H8BrFN6O3S. The van der Waals surface area contributed by atoms with Gasteiger partial charge < -0.3 is 5.32 Å². The Hall–Kier alpha value is -2.70. The van der Waals surface area contributed by atoms with E-state index in [1.54, 1.807) is 5.38 Å². The highest BCUT2D eigenvalue weighted by molar-refractivity contribution is 9.10. The first kappa shape index (κ1) is 17.1. The Kier molecular flexibility index (Phi) is 5.11. The minimum absolute atomic E-state index is 0.0495. The molecule has 0 saturated carbocycles. The maximum atomic E-state index is 13.3. The van der Waals surface area contributed by atoms with E-state index in [4.69, 9.17) is 0 Å². The van der Waals surface area contributed by atoms with Crippen LogP contribution in [-0.4, -0.2) is 32.2 Å². The number of rotatable bonds is 4. The second-order valence-electron chi connectivity index (χ2n) is 4.46. The lowest BCUT2D eigenvalue weighted by molar-refractivity contribution is 0.102. The van der Waals surface area contributed by atoms with Crippen LogP contribution in [0.4, 0.5) is 15.9 Å². The third kappa shape index (κ3) is 3.87. The molecule has 25 heavy (non-hydrogen) atoms. The molecule has 0 atom stereocenters. The molecule has 0 aliphatic heterocycles. The van der Waals surface area contributed by atoms with Crippen LogP contribution in [0.1, 0.15) is 16.2 Å². The van der Waals surface area contributed by atoms with E-state index in [1.165, 1.54) is 35.0 Å². The summed E-state index contributed by atoms with van der Waals surface area (Å²) in [5.41, 5.74) is 3.81. The fourth-order valence-electron chi connectivity index (χ4n) is 1.74. The summed E-state index contributed by atoms with van der Waals surface area (Å²) in [6.07, 6.45) is 0. The second kappa shape index (κ2) is 7.46. The Balaban J connectivity index is 1.89. The van der Waals surface area contributed by atoms with Gasteiger partial charge in [0, 0.05) is 5.38 Å². The first-order valence-electron chi connectivity index (χ1n) is 6.55. The molecule has 0 aliphatic rings. The van der Waals surface area contributed by atoms with Gasteiger partial charge in [-0.15, -0.1) is 11.3 Å². The molecule has 2 heterocycles. The van der Waals surface area contributed by atoms with E-state index in [0.717, 1.165) is 0 Å². The van der Waals surface area contributed by atoms with Gasteiger partial charge in [-0.2, -0.15) is 0 Å². The van der Waals surface area contributed by atoms with Crippen LogP contribution in [0.5, 0.6) is 0 Å². The van der Waals surface area contributed by atoms with Gasteiger partial charge in [0.05, 0.1) is 15.7 Å². The number of aromatic nitrogens is 3. The smallest absolute Gasteiger partial charge is 0.276 e. The lowest BCUT2D eigenvalue weighted by Gasteiger charge is -2.04. The maximum absolute atomic E-state index is 13.3. The van der Waals surface area contributed by atoms with Crippen molar-refractivity contribution in [2.75, 3.05) is 5.32 Å². The number of hydrogen-bond donors (Lipinski definition) is 3. The molecule has 0 bridgehead atoms. The normalized spacial score (nSPS) is 11.4. The lowest BCUT2D eigenvalue weighted by atomic mass is 10.3. The minimum atomic E-state index is -0.528. The van der Waals surface area contributed by atoms with Crippen molar-refractivity contribution >= 4 is 50.5 Å². The van der Waals surface area contributed by atoms with Gasteiger partial charge in [-0.1, -0.05) is 0 Å². The minimum Gasteiger partial charge on any atom is -0.300 e. The number of thiazole rings is 1. The summed E-state index contributed by atoms with van der Waals surface area (Å²) >= 11 is 4.30. The quantitative estimate of drug-likeness (QED) is 0.332. The number of anilines is 1. The average molecular weight is 427 g/mol. The zero-order valence-corrected chi connectivity index (χ0v) is 14.5. The summed E-state index contributed by atoms with van der Waals surface area (Å²) in [4.78, 5) is 20.0. The summed E-state index contributed by atoms with van der Waals surface area (Å²) < 4.78 is 18.1. The predicted octanol–water partition coefficient (Wildman–Crippen LogP) is 2.74. The molecule has 3 aromatic rings. The van der Waals surface area contributed by atoms with Crippen molar-refractivity contribution in [1.29, 1.82) is 0 Å². The van der Waals surface area contributed by atoms with Gasteiger partial charge in [0.25, 0.3) is 5.91 Å². The molecule has 9 nitrogen and oxygen atoms in total. The van der Waals surface area contributed by atoms with Gasteiger partial charge in [0.2, 0.25) is 5.82 Å². The van der Waals surface area contributed by atoms with Crippen molar-refractivity contribution in [3.05, 3.63) is 50.8 Å². The van der Waals surface area contributed by atoms with Crippen LogP contribution in [-0.2, 0) is 0 Å². The Morgan fingerprint density at radius 1 is 1.40 bits per heavy atom. The number of hydroxylamine groups is 1. The molecule has 1 aromatic carbocycles. The average Bonchev–Trinajstić information content (AvgIpc) is 3.27. The van der Waals surface area contributed by atoms with Gasteiger partial charge in [0.1, 0.15) is 11.5 Å². The molecule has 0 radical (unpaired) electrons. The number of nitrogens with zero attached hydrogens (tertiary/aromatic N) is 4. The second-order valence-corrected chi connectivity index (χ2v) is 6.03. The van der Waals surface area contributed by atoms with Gasteiger partial charge in [-0.25, -0.2) is 19.0 Å². The topological polar surface area (TPSA) is 126 Å². The molecule has 0 unspecified atom stereocenters. The Morgan fingerprint density at radius 2 is 2.24 bits per heavy atom. The summed E-state index contributed by atoms with van der Waals surface area (Å²) in [6, 6.07) is 3.98. The Bertz CT molecular complexity index is 930. The third-order valence-electron chi connectivity index (χ3n) is 2.86. The van der Waals surface area contributed by atoms with E-state index in [-0.39, 0.29) is 27.5 Å². The highest BCUT2D eigenvalue weighted by Gasteiger charge is 2.20. The molecule has 0 saturated heterocycles. The number of benzene rings is 1. The molecule has 3 N–H and O–H groups in total. The van der Waals surface area contributed by atoms with Gasteiger partial charge in [0.15, 0.2) is 11.5 Å². The van der Waals surface area contributed by atoms with Crippen molar-refractivity contribution in [3.8, 4) is 0 Å². The standard InChI is InChI=1S/C13H8BrFN6O3S/c14-7-3-6(1-2-8(7)15)17-11(19-23)10-12(21-24-20-10)18-13(22)9-4-25-5-16-9/h1-5,23H,(H,17,19)(H,18,21,22). The summed E-state index contributed by atoms with van der Waals surface area (Å²) in [5.74, 6) is -1.22. The zero-order chi connectivity index (χ0) is 17.8. The number of amidine groups is 1. The summed E-state index contributed by atoms with van der Waals surface area (Å²) in [6.45, 7) is 0. The molecule has 2 aromatic heterocycles. The Labute approximate surface area is 151 Å². The molecule has 128 valence electrons. The molecular weight excluding hydrogens is 419 g/mol. The van der Waals surface area contributed by atoms with E-state index in [1.807, 2.05) is 5.48 Å². The first-order chi connectivity index (χ1) is 12.1. The van der Waals surface area contributed by atoms with Crippen molar-refractivity contribution in [1.82, 2.24) is 20.8 Å². The van der Waals surface area contributed by atoms with E-state index in [0.29, 0.717) is 5.69 Å². The van der Waals surface area contributed by atoms with Crippen LogP contribution in [0.25, 0.3) is 0 Å². The zero-order valence-electron chi connectivity index (χ0n) is 12.1. The van der Waals surface area contributed by atoms with Crippen molar-refractivity contribution < 1.29 is 19.0 Å². The van der Waals surface area contributed by atoms with Crippen LogP contribution in [0.15, 0.2) is 43.2 Å². The molecule has 12 heteroatoms. The molecule has 0 fully saturated rings. The van der Waals surface area contributed by atoms with Crippen LogP contribution in [0, 0.1) is 5.82 Å². The monoisotopic (exact) mass is 426 g/mol. The largest absolute Gasteiger partial charge is 0.300 e. The van der Waals surface area contributed by atoms with Crippen molar-refractivity contribution in [2.45, 2.75) is 0 Å². The van der Waals surface area contributed by atoms with Gasteiger partial charge >= 0.3 is 0 Å². The molecule has 3 rings (SSSR count). The number of nitrogens with one attached hydrogen (secondary N) is 2. The van der Waals surface area contributed by atoms with Gasteiger partial charge in [-0.05, 0) is 44.4 Å². The summed E-state index contributed by atoms with van der Waals surface area (Å²) in [7, 11) is 0. The van der Waals surface area contributed by atoms with E-state index in [2.05, 4.69) is 46.2 Å². The predicted molar refractivity (Wildman–Crippen MR) is 89.6 cm³/mol. The third-order valence-corrected chi connectivity index (χ3v) is 4.05. The fraction of sp³-hybridized carbons (Fsp3) is 0. The van der Waals surface area contributed by atoms with Crippen molar-refractivity contribution in [2.24, 2.45) is 4.99 Å². The Morgan fingerprint density at radius 3 is 2.92 bits per heavy atom. The first-order valence-corrected chi connectivity index (χ1v) is 8.28. The highest BCUT2D eigenvalue weighted by Crippen LogP contribution is 2.23. The van der Waals surface area contributed by atoms with Crippen LogP contribution >= 0.6 is 27.3 Å².